The number of hydrogen-bond donors (Lipinski definition) is 3. The summed E-state index contributed by atoms with van der Waals surface area (Å²) in [6.45, 7) is 2.16. The zero-order valence-electron chi connectivity index (χ0n) is 13.7. The van der Waals surface area contributed by atoms with E-state index in [-0.39, 0.29) is 18.4 Å². The molecular formula is C19H22N2O3. The molecule has 2 aromatic rings. The molecule has 0 aliphatic heterocycles. The van der Waals surface area contributed by atoms with Gasteiger partial charge in [-0.1, -0.05) is 43.7 Å². The molecule has 0 saturated carbocycles. The van der Waals surface area contributed by atoms with Crippen LogP contribution in [0, 0.1) is 0 Å². The third-order valence-electron chi connectivity index (χ3n) is 3.58. The maximum absolute atomic E-state index is 12.3. The Balaban J connectivity index is 2.07. The maximum atomic E-state index is 12.3. The van der Waals surface area contributed by atoms with Gasteiger partial charge < -0.3 is 15.7 Å². The van der Waals surface area contributed by atoms with Gasteiger partial charge in [0, 0.05) is 12.1 Å². The van der Waals surface area contributed by atoms with E-state index in [4.69, 9.17) is 0 Å². The SMILES string of the molecule is CCCC(O)CNC(=O)c1ccccc1NC(=O)c1ccccc1. The zero-order valence-corrected chi connectivity index (χ0v) is 13.7. The van der Waals surface area contributed by atoms with Crippen LogP contribution in [0.4, 0.5) is 5.69 Å². The molecule has 2 amide bonds. The molecule has 0 aliphatic rings. The molecule has 0 radical (unpaired) electrons. The van der Waals surface area contributed by atoms with Gasteiger partial charge >= 0.3 is 0 Å². The van der Waals surface area contributed by atoms with Gasteiger partial charge in [0.2, 0.25) is 0 Å². The highest BCUT2D eigenvalue weighted by atomic mass is 16.3. The summed E-state index contributed by atoms with van der Waals surface area (Å²) < 4.78 is 0. The van der Waals surface area contributed by atoms with E-state index in [1.165, 1.54) is 0 Å². The first-order valence-corrected chi connectivity index (χ1v) is 8.03. The summed E-state index contributed by atoms with van der Waals surface area (Å²) in [6, 6.07) is 15.6. The topological polar surface area (TPSA) is 78.4 Å². The van der Waals surface area contributed by atoms with Gasteiger partial charge in [-0.2, -0.15) is 0 Å². The number of anilines is 1. The third kappa shape index (κ3) is 4.93. The molecule has 0 heterocycles. The molecular weight excluding hydrogens is 304 g/mol. The van der Waals surface area contributed by atoms with Crippen molar-refractivity contribution in [3.8, 4) is 0 Å². The van der Waals surface area contributed by atoms with Crippen molar-refractivity contribution >= 4 is 17.5 Å². The predicted molar refractivity (Wildman–Crippen MR) is 94.1 cm³/mol. The fraction of sp³-hybridized carbons (Fsp3) is 0.263. The molecule has 2 aromatic carbocycles. The Bertz CT molecular complexity index is 686. The highest BCUT2D eigenvalue weighted by Gasteiger charge is 2.14. The van der Waals surface area contributed by atoms with Crippen molar-refractivity contribution in [3.05, 3.63) is 65.7 Å². The van der Waals surface area contributed by atoms with Crippen molar-refractivity contribution < 1.29 is 14.7 Å². The number of para-hydroxylation sites is 1. The first kappa shape index (κ1) is 17.7. The Morgan fingerprint density at radius 3 is 2.38 bits per heavy atom. The Morgan fingerprint density at radius 2 is 1.67 bits per heavy atom. The number of carbonyl (C=O) groups is 2. The molecule has 24 heavy (non-hydrogen) atoms. The Morgan fingerprint density at radius 1 is 1.00 bits per heavy atom. The Hall–Kier alpha value is -2.66. The van der Waals surface area contributed by atoms with Crippen LogP contribution < -0.4 is 10.6 Å². The summed E-state index contributed by atoms with van der Waals surface area (Å²) in [5.41, 5.74) is 1.32. The molecule has 0 saturated heterocycles. The molecule has 5 nitrogen and oxygen atoms in total. The Kier molecular flexibility index (Phi) is 6.51. The van der Waals surface area contributed by atoms with Crippen LogP contribution in [0.15, 0.2) is 54.6 Å². The lowest BCUT2D eigenvalue weighted by Crippen LogP contribution is -2.32. The number of carbonyl (C=O) groups excluding carboxylic acids is 2. The van der Waals surface area contributed by atoms with E-state index < -0.39 is 6.10 Å². The minimum atomic E-state index is -0.565. The number of hydrogen-bond acceptors (Lipinski definition) is 3. The number of nitrogens with one attached hydrogen (secondary N) is 2. The van der Waals surface area contributed by atoms with Crippen molar-refractivity contribution in [3.63, 3.8) is 0 Å². The summed E-state index contributed by atoms with van der Waals surface area (Å²) >= 11 is 0. The van der Waals surface area contributed by atoms with Crippen LogP contribution in [0.25, 0.3) is 0 Å². The van der Waals surface area contributed by atoms with Gasteiger partial charge in [-0.25, -0.2) is 0 Å². The molecule has 1 atom stereocenters. The Labute approximate surface area is 141 Å². The summed E-state index contributed by atoms with van der Waals surface area (Å²) in [5, 5.41) is 15.2. The van der Waals surface area contributed by atoms with Crippen LogP contribution in [0.1, 0.15) is 40.5 Å². The van der Waals surface area contributed by atoms with Gasteiger partial charge in [0.15, 0.2) is 0 Å². The van der Waals surface area contributed by atoms with E-state index in [1.807, 2.05) is 13.0 Å². The number of amides is 2. The zero-order chi connectivity index (χ0) is 17.4. The normalized spacial score (nSPS) is 11.6. The highest BCUT2D eigenvalue weighted by molar-refractivity contribution is 6.08. The third-order valence-corrected chi connectivity index (χ3v) is 3.58. The summed E-state index contributed by atoms with van der Waals surface area (Å²) in [6.07, 6.45) is 0.915. The minimum absolute atomic E-state index is 0.188. The maximum Gasteiger partial charge on any atom is 0.255 e. The van der Waals surface area contributed by atoms with E-state index in [0.29, 0.717) is 23.2 Å². The number of aliphatic hydroxyl groups excluding tert-OH is 1. The average molecular weight is 326 g/mol. The molecule has 0 aromatic heterocycles. The van der Waals surface area contributed by atoms with E-state index in [0.717, 1.165) is 6.42 Å². The lowest BCUT2D eigenvalue weighted by molar-refractivity contribution is 0.0911. The fourth-order valence-corrected chi connectivity index (χ4v) is 2.32. The van der Waals surface area contributed by atoms with Crippen LogP contribution in [0.2, 0.25) is 0 Å². The first-order chi connectivity index (χ1) is 11.6. The lowest BCUT2D eigenvalue weighted by atomic mass is 10.1. The van der Waals surface area contributed by atoms with Crippen molar-refractivity contribution in [1.29, 1.82) is 0 Å². The summed E-state index contributed by atoms with van der Waals surface area (Å²) in [7, 11) is 0. The van der Waals surface area contributed by atoms with Crippen molar-refractivity contribution in [2.75, 3.05) is 11.9 Å². The largest absolute Gasteiger partial charge is 0.391 e. The number of benzene rings is 2. The fourth-order valence-electron chi connectivity index (χ4n) is 2.32. The van der Waals surface area contributed by atoms with E-state index in [2.05, 4.69) is 10.6 Å². The quantitative estimate of drug-likeness (QED) is 0.732. The van der Waals surface area contributed by atoms with E-state index >= 15 is 0 Å². The molecule has 1 unspecified atom stereocenters. The molecule has 5 heteroatoms. The molecule has 126 valence electrons. The van der Waals surface area contributed by atoms with Crippen LogP contribution in [0.5, 0.6) is 0 Å². The molecule has 3 N–H and O–H groups in total. The van der Waals surface area contributed by atoms with Crippen LogP contribution in [-0.2, 0) is 0 Å². The number of rotatable bonds is 7. The second-order valence-corrected chi connectivity index (χ2v) is 5.52. The number of aliphatic hydroxyl groups is 1. The van der Waals surface area contributed by atoms with E-state index in [1.54, 1.807) is 48.5 Å². The van der Waals surface area contributed by atoms with Gasteiger partial charge in [-0.3, -0.25) is 9.59 Å². The molecule has 0 bridgehead atoms. The highest BCUT2D eigenvalue weighted by Crippen LogP contribution is 2.16. The summed E-state index contributed by atoms with van der Waals surface area (Å²) in [5.74, 6) is -0.601. The van der Waals surface area contributed by atoms with E-state index in [9.17, 15) is 14.7 Å². The molecule has 2 rings (SSSR count). The van der Waals surface area contributed by atoms with Crippen molar-refractivity contribution in [2.24, 2.45) is 0 Å². The van der Waals surface area contributed by atoms with Crippen molar-refractivity contribution in [1.82, 2.24) is 5.32 Å². The molecule has 0 spiro atoms. The summed E-state index contributed by atoms with van der Waals surface area (Å²) in [4.78, 5) is 24.6. The minimum Gasteiger partial charge on any atom is -0.391 e. The lowest BCUT2D eigenvalue weighted by Gasteiger charge is -2.13. The first-order valence-electron chi connectivity index (χ1n) is 8.03. The average Bonchev–Trinajstić information content (AvgIpc) is 2.61. The smallest absolute Gasteiger partial charge is 0.255 e. The van der Waals surface area contributed by atoms with Crippen molar-refractivity contribution in [2.45, 2.75) is 25.9 Å². The van der Waals surface area contributed by atoms with Crippen LogP contribution in [-0.4, -0.2) is 29.6 Å². The van der Waals surface area contributed by atoms with Gasteiger partial charge in [0.05, 0.1) is 17.4 Å². The van der Waals surface area contributed by atoms with Gasteiger partial charge in [-0.05, 0) is 30.7 Å². The second-order valence-electron chi connectivity index (χ2n) is 5.52. The molecule has 0 fully saturated rings. The second kappa shape index (κ2) is 8.84. The monoisotopic (exact) mass is 326 g/mol. The van der Waals surface area contributed by atoms with Gasteiger partial charge in [-0.15, -0.1) is 0 Å². The van der Waals surface area contributed by atoms with Crippen LogP contribution in [0.3, 0.4) is 0 Å². The van der Waals surface area contributed by atoms with Crippen LogP contribution >= 0.6 is 0 Å². The molecule has 0 aliphatic carbocycles. The van der Waals surface area contributed by atoms with Gasteiger partial charge in [0.1, 0.15) is 0 Å². The predicted octanol–water partition coefficient (Wildman–Crippen LogP) is 2.83. The van der Waals surface area contributed by atoms with Gasteiger partial charge in [0.25, 0.3) is 11.8 Å². The standard InChI is InChI=1S/C19H22N2O3/c1-2-8-15(22)13-20-19(24)16-11-6-7-12-17(16)21-18(23)14-9-4-3-5-10-14/h3-7,9-12,15,22H,2,8,13H2,1H3,(H,20,24)(H,21,23).